The highest BCUT2D eigenvalue weighted by atomic mass is 35.5. The number of unbranched alkanes of at least 4 members (excludes halogenated alkanes) is 1. The van der Waals surface area contributed by atoms with Crippen LogP contribution in [0.15, 0.2) is 53.4 Å². The predicted octanol–water partition coefficient (Wildman–Crippen LogP) is 2.79. The molecule has 0 aliphatic rings. The lowest BCUT2D eigenvalue weighted by atomic mass is 10.2. The maximum atomic E-state index is 13.1. The first-order valence-electron chi connectivity index (χ1n) is 9.25. The van der Waals surface area contributed by atoms with Crippen LogP contribution in [-0.4, -0.2) is 50.0 Å². The van der Waals surface area contributed by atoms with E-state index in [9.17, 15) is 13.2 Å². The Hall–Kier alpha value is -2.33. The number of sulfonamides is 1. The van der Waals surface area contributed by atoms with Gasteiger partial charge in [0.25, 0.3) is 5.91 Å². The van der Waals surface area contributed by atoms with E-state index in [0.717, 1.165) is 17.1 Å². The third-order valence-corrected chi connectivity index (χ3v) is 6.29. The molecule has 0 aromatic heterocycles. The van der Waals surface area contributed by atoms with Gasteiger partial charge < -0.3 is 9.47 Å². The van der Waals surface area contributed by atoms with Crippen LogP contribution in [0, 0.1) is 0 Å². The van der Waals surface area contributed by atoms with Crippen molar-refractivity contribution in [2.75, 3.05) is 26.1 Å². The van der Waals surface area contributed by atoms with Crippen molar-refractivity contribution in [2.24, 2.45) is 0 Å². The van der Waals surface area contributed by atoms with Gasteiger partial charge in [-0.3, -0.25) is 10.0 Å². The van der Waals surface area contributed by atoms with Crippen LogP contribution in [0.5, 0.6) is 11.5 Å². The zero-order valence-electron chi connectivity index (χ0n) is 16.6. The fraction of sp³-hybridized carbons (Fsp3) is 0.350. The van der Waals surface area contributed by atoms with Crippen molar-refractivity contribution in [2.45, 2.75) is 24.3 Å². The van der Waals surface area contributed by atoms with Gasteiger partial charge in [-0.05, 0) is 54.8 Å². The molecule has 2 rings (SSSR count). The molecule has 1 amide bonds. The summed E-state index contributed by atoms with van der Waals surface area (Å²) in [6.45, 7) is -0.114. The van der Waals surface area contributed by atoms with Crippen LogP contribution in [0.3, 0.4) is 0 Å². The molecule has 2 aromatic rings. The molecule has 0 saturated carbocycles. The van der Waals surface area contributed by atoms with Crippen LogP contribution in [0.25, 0.3) is 0 Å². The summed E-state index contributed by atoms with van der Waals surface area (Å²) in [6.07, 6.45) is 1.64. The van der Waals surface area contributed by atoms with Crippen LogP contribution < -0.4 is 15.0 Å². The molecule has 0 aliphatic heterocycles. The Labute approximate surface area is 181 Å². The van der Waals surface area contributed by atoms with E-state index in [4.69, 9.17) is 26.3 Å². The highest BCUT2D eigenvalue weighted by Gasteiger charge is 2.27. The minimum atomic E-state index is -4.01. The molecule has 0 heterocycles. The Morgan fingerprint density at radius 3 is 2.27 bits per heavy atom. The normalized spacial score (nSPS) is 11.3. The Morgan fingerprint density at radius 2 is 1.70 bits per heavy atom. The number of carbonyl (C=O) groups is 1. The maximum absolute atomic E-state index is 13.1. The molecular weight excluding hydrogens is 432 g/mol. The molecule has 0 bridgehead atoms. The average Bonchev–Trinajstić information content (AvgIpc) is 2.77. The second-order valence-electron chi connectivity index (χ2n) is 6.37. The van der Waals surface area contributed by atoms with Gasteiger partial charge in [-0.2, -0.15) is 4.31 Å². The molecule has 2 aromatic carbocycles. The van der Waals surface area contributed by atoms with E-state index in [1.165, 1.54) is 24.7 Å². The van der Waals surface area contributed by atoms with Crippen LogP contribution in [0.4, 0.5) is 0 Å². The number of nitrogens with zero attached hydrogens (tertiary/aromatic N) is 1. The largest absolute Gasteiger partial charge is 0.497 e. The van der Waals surface area contributed by atoms with Gasteiger partial charge in [-0.25, -0.2) is 13.9 Å². The molecule has 0 saturated heterocycles. The number of carbonyl (C=O) groups excluding carboxylic acids is 1. The Bertz CT molecular complexity index is 904. The first-order valence-corrected chi connectivity index (χ1v) is 11.2. The van der Waals surface area contributed by atoms with Crippen LogP contribution in [-0.2, 0) is 21.4 Å². The lowest BCUT2D eigenvalue weighted by Gasteiger charge is -2.21. The van der Waals surface area contributed by atoms with Gasteiger partial charge >= 0.3 is 0 Å². The van der Waals surface area contributed by atoms with Crippen molar-refractivity contribution in [3.63, 3.8) is 0 Å². The summed E-state index contributed by atoms with van der Waals surface area (Å²) in [7, 11) is -2.48. The molecule has 30 heavy (non-hydrogen) atoms. The Kier molecular flexibility index (Phi) is 9.38. The lowest BCUT2D eigenvalue weighted by Crippen LogP contribution is -2.39. The summed E-state index contributed by atoms with van der Waals surface area (Å²) in [6, 6.07) is 12.8. The number of benzene rings is 2. The Morgan fingerprint density at radius 1 is 1.07 bits per heavy atom. The van der Waals surface area contributed by atoms with Crippen molar-refractivity contribution in [3.05, 3.63) is 54.1 Å². The minimum absolute atomic E-state index is 0.00913. The fourth-order valence-electron chi connectivity index (χ4n) is 2.60. The van der Waals surface area contributed by atoms with Crippen molar-refractivity contribution in [3.8, 4) is 11.5 Å². The van der Waals surface area contributed by atoms with Crippen molar-refractivity contribution in [1.82, 2.24) is 9.79 Å². The fourth-order valence-corrected chi connectivity index (χ4v) is 4.17. The predicted molar refractivity (Wildman–Crippen MR) is 112 cm³/mol. The summed E-state index contributed by atoms with van der Waals surface area (Å²) in [5, 5.41) is 8.85. The van der Waals surface area contributed by atoms with Gasteiger partial charge in [0, 0.05) is 12.4 Å². The number of halogens is 1. The van der Waals surface area contributed by atoms with Gasteiger partial charge in [-0.15, -0.1) is 11.6 Å². The third-order valence-electron chi connectivity index (χ3n) is 4.22. The number of hydrogen-bond acceptors (Lipinski definition) is 6. The second-order valence-corrected chi connectivity index (χ2v) is 8.69. The molecule has 10 heteroatoms. The number of rotatable bonds is 12. The molecule has 2 N–H and O–H groups in total. The molecule has 0 radical (unpaired) electrons. The number of alkyl halides is 1. The number of hydrogen-bond donors (Lipinski definition) is 2. The van der Waals surface area contributed by atoms with E-state index in [2.05, 4.69) is 0 Å². The van der Waals surface area contributed by atoms with Crippen LogP contribution >= 0.6 is 11.6 Å². The SMILES string of the molecule is COc1ccc(CN(CC(=O)NO)S(=O)(=O)c2ccc(OCCCCCl)cc2)cc1. The first-order chi connectivity index (χ1) is 14.4. The molecule has 0 unspecified atom stereocenters. The lowest BCUT2D eigenvalue weighted by molar-refractivity contribution is -0.129. The number of ether oxygens (including phenoxy) is 2. The van der Waals surface area contributed by atoms with Gasteiger partial charge in [0.05, 0.1) is 25.2 Å². The molecule has 0 fully saturated rings. The smallest absolute Gasteiger partial charge is 0.258 e. The zero-order valence-corrected chi connectivity index (χ0v) is 18.2. The van der Waals surface area contributed by atoms with Crippen LogP contribution in [0.1, 0.15) is 18.4 Å². The molecule has 164 valence electrons. The van der Waals surface area contributed by atoms with E-state index in [0.29, 0.717) is 29.5 Å². The number of amides is 1. The highest BCUT2D eigenvalue weighted by molar-refractivity contribution is 7.89. The Balaban J connectivity index is 2.19. The van der Waals surface area contributed by atoms with E-state index in [-0.39, 0.29) is 11.4 Å². The molecular formula is C20H25ClN2O6S. The summed E-state index contributed by atoms with van der Waals surface area (Å²) in [4.78, 5) is 11.7. The topological polar surface area (TPSA) is 105 Å². The van der Waals surface area contributed by atoms with Crippen molar-refractivity contribution >= 4 is 27.5 Å². The molecule has 0 aliphatic carbocycles. The number of methoxy groups -OCH3 is 1. The highest BCUT2D eigenvalue weighted by Crippen LogP contribution is 2.22. The zero-order chi connectivity index (χ0) is 22.0. The van der Waals surface area contributed by atoms with E-state index in [1.807, 2.05) is 0 Å². The van der Waals surface area contributed by atoms with E-state index in [1.54, 1.807) is 36.4 Å². The van der Waals surface area contributed by atoms with Crippen LogP contribution in [0.2, 0.25) is 0 Å². The van der Waals surface area contributed by atoms with E-state index >= 15 is 0 Å². The van der Waals surface area contributed by atoms with Crippen molar-refractivity contribution in [1.29, 1.82) is 0 Å². The molecule has 0 spiro atoms. The standard InChI is InChI=1S/C20H25ClN2O6S/c1-28-17-6-4-16(5-7-17)14-23(15-20(24)22-25)30(26,27)19-10-8-18(9-11-19)29-13-3-2-12-21/h4-11,25H,2-3,12-15H2,1H3,(H,22,24). The maximum Gasteiger partial charge on any atom is 0.258 e. The van der Waals surface area contributed by atoms with E-state index < -0.39 is 22.5 Å². The molecule has 8 nitrogen and oxygen atoms in total. The monoisotopic (exact) mass is 456 g/mol. The van der Waals surface area contributed by atoms with Crippen molar-refractivity contribution < 1.29 is 27.9 Å². The quantitative estimate of drug-likeness (QED) is 0.220. The van der Waals surface area contributed by atoms with Gasteiger partial charge in [0.1, 0.15) is 11.5 Å². The van der Waals surface area contributed by atoms with Gasteiger partial charge in [0.2, 0.25) is 10.0 Å². The van der Waals surface area contributed by atoms with Gasteiger partial charge in [-0.1, -0.05) is 12.1 Å². The molecule has 0 atom stereocenters. The average molecular weight is 457 g/mol. The van der Waals surface area contributed by atoms with Gasteiger partial charge in [0.15, 0.2) is 0 Å². The third kappa shape index (κ3) is 6.88. The summed E-state index contributed by atoms with van der Waals surface area (Å²) in [5.41, 5.74) is 2.13. The summed E-state index contributed by atoms with van der Waals surface area (Å²) in [5.74, 6) is 0.888. The number of hydroxylamine groups is 1. The first kappa shape index (κ1) is 23.9. The second kappa shape index (κ2) is 11.8. The number of nitrogens with one attached hydrogen (secondary N) is 1. The summed E-state index contributed by atoms with van der Waals surface area (Å²) >= 11 is 5.63. The summed E-state index contributed by atoms with van der Waals surface area (Å²) < 4.78 is 37.9. The minimum Gasteiger partial charge on any atom is -0.497 e.